The maximum Gasteiger partial charge on any atom is 0.243 e. The molecule has 0 spiro atoms. The minimum atomic E-state index is -4.94. The predicted molar refractivity (Wildman–Crippen MR) is 59.0 cm³/mol. The second-order valence-electron chi connectivity index (χ2n) is 4.46. The molecule has 0 aliphatic carbocycles. The van der Waals surface area contributed by atoms with Gasteiger partial charge in [-0.25, -0.2) is 27.8 Å². The zero-order chi connectivity index (χ0) is 14.7. The van der Waals surface area contributed by atoms with Gasteiger partial charge in [-0.1, -0.05) is 32.6 Å². The largest absolute Gasteiger partial charge is 0.243 e. The van der Waals surface area contributed by atoms with Gasteiger partial charge in [0.25, 0.3) is 0 Å². The molecule has 6 nitrogen and oxygen atoms in total. The van der Waals surface area contributed by atoms with Crippen molar-refractivity contribution in [3.8, 4) is 0 Å². The van der Waals surface area contributed by atoms with E-state index in [-0.39, 0.29) is 0 Å². The number of halogens is 1. The van der Waals surface area contributed by atoms with E-state index in [0.717, 1.165) is 0 Å². The van der Waals surface area contributed by atoms with Crippen molar-refractivity contribution < 1.29 is 33.4 Å². The van der Waals surface area contributed by atoms with Crippen LogP contribution in [0, 0.1) is 10.2 Å². The molecule has 7 heteroatoms. The highest BCUT2D eigenvalue weighted by Crippen LogP contribution is 2.05. The van der Waals surface area contributed by atoms with Crippen LogP contribution in [0.3, 0.4) is 0 Å². The molecule has 0 aromatic carbocycles. The van der Waals surface area contributed by atoms with Crippen molar-refractivity contribution in [3.05, 3.63) is 18.7 Å². The van der Waals surface area contributed by atoms with Gasteiger partial charge in [0, 0.05) is 0 Å². The lowest BCUT2D eigenvalue weighted by atomic mass is 10.1. The van der Waals surface area contributed by atoms with Crippen LogP contribution in [-0.4, -0.2) is 4.57 Å². The Morgan fingerprint density at radius 1 is 1.00 bits per heavy atom. The van der Waals surface area contributed by atoms with E-state index in [4.69, 9.17) is 18.6 Å². The number of aryl methyl sites for hydroxylation is 2. The Morgan fingerprint density at radius 2 is 1.53 bits per heavy atom. The smallest absolute Gasteiger partial charge is 0.240 e. The summed E-state index contributed by atoms with van der Waals surface area (Å²) in [5.74, 6) is 0. The molecule has 0 fully saturated rings. The molecule has 112 valence electrons. The number of hydrogen-bond acceptors (Lipinski definition) is 4. The van der Waals surface area contributed by atoms with Crippen LogP contribution in [0.1, 0.15) is 45.4 Å². The van der Waals surface area contributed by atoms with Gasteiger partial charge in [-0.2, -0.15) is 0 Å². The lowest BCUT2D eigenvalue weighted by Gasteiger charge is -2.17. The predicted octanol–water partition coefficient (Wildman–Crippen LogP) is -2.08. The summed E-state index contributed by atoms with van der Waals surface area (Å²) >= 11 is 0. The van der Waals surface area contributed by atoms with Crippen molar-refractivity contribution in [2.24, 2.45) is 7.05 Å². The van der Waals surface area contributed by atoms with Crippen molar-refractivity contribution in [1.82, 2.24) is 4.57 Å². The van der Waals surface area contributed by atoms with Crippen LogP contribution < -0.4 is 23.2 Å². The third-order valence-electron chi connectivity index (χ3n) is 2.59. The SMILES string of the molecule is CCCCCCCCn1cc[n+](C)c1.[O-][Cl+3]([O-])([O-])[O-]. The summed E-state index contributed by atoms with van der Waals surface area (Å²) in [5.41, 5.74) is 0. The number of aromatic nitrogens is 2. The normalized spacial score (nSPS) is 11.1. The second kappa shape index (κ2) is 10.2. The number of rotatable bonds is 7. The third kappa shape index (κ3) is 15.3. The Balaban J connectivity index is 0.000000555. The molecule has 0 saturated carbocycles. The highest BCUT2D eigenvalue weighted by molar-refractivity contribution is 4.65. The molecule has 0 aliphatic rings. The number of nitrogens with zero attached hydrogens (tertiary/aromatic N) is 2. The molecule has 1 aromatic heterocycles. The van der Waals surface area contributed by atoms with Crippen LogP contribution in [0.2, 0.25) is 0 Å². The van der Waals surface area contributed by atoms with Gasteiger partial charge in [-0.3, -0.25) is 0 Å². The Bertz CT molecular complexity index is 320. The summed E-state index contributed by atoms with van der Waals surface area (Å²) in [6.45, 7) is 3.44. The number of hydrogen-bond donors (Lipinski definition) is 0. The summed E-state index contributed by atoms with van der Waals surface area (Å²) < 4.78 is 38.3. The van der Waals surface area contributed by atoms with Crippen LogP contribution in [0.15, 0.2) is 18.7 Å². The fraction of sp³-hybridized carbons (Fsp3) is 0.750. The van der Waals surface area contributed by atoms with Gasteiger partial charge in [0.15, 0.2) is 0 Å². The van der Waals surface area contributed by atoms with Crippen LogP contribution in [0.25, 0.3) is 0 Å². The monoisotopic (exact) mass is 294 g/mol. The Morgan fingerprint density at radius 3 is 2.00 bits per heavy atom. The third-order valence-corrected chi connectivity index (χ3v) is 2.59. The Hall–Kier alpha value is -0.660. The van der Waals surface area contributed by atoms with Crippen LogP contribution in [0.4, 0.5) is 0 Å². The molecule has 0 amide bonds. The average molecular weight is 295 g/mol. The minimum Gasteiger partial charge on any atom is -0.240 e. The van der Waals surface area contributed by atoms with E-state index in [9.17, 15) is 0 Å². The van der Waals surface area contributed by atoms with Crippen molar-refractivity contribution in [1.29, 1.82) is 0 Å². The van der Waals surface area contributed by atoms with E-state index in [1.807, 2.05) is 0 Å². The van der Waals surface area contributed by atoms with Crippen molar-refractivity contribution in [2.75, 3.05) is 0 Å². The molecule has 0 N–H and O–H groups in total. The number of imidazole rings is 1. The highest BCUT2D eigenvalue weighted by Gasteiger charge is 1.98. The molecule has 0 atom stereocenters. The van der Waals surface area contributed by atoms with Gasteiger partial charge in [0.1, 0.15) is 12.4 Å². The fourth-order valence-corrected chi connectivity index (χ4v) is 1.71. The van der Waals surface area contributed by atoms with Gasteiger partial charge < -0.3 is 0 Å². The molecule has 0 radical (unpaired) electrons. The standard InChI is InChI=1S/C12H23N2.ClHO4/c1-3-4-5-6-7-8-9-14-11-10-13(2)12-14;2-1(3,4)5/h10-12H,3-9H2,1-2H3;(H,2,3,4,5)/q+1;/p-1. The topological polar surface area (TPSA) is 101 Å². The summed E-state index contributed by atoms with van der Waals surface area (Å²) in [5, 5.41) is 0. The second-order valence-corrected chi connectivity index (χ2v) is 5.22. The van der Waals surface area contributed by atoms with E-state index in [1.54, 1.807) is 0 Å². The lowest BCUT2D eigenvalue weighted by molar-refractivity contribution is -2.00. The molecule has 0 saturated heterocycles. The summed E-state index contributed by atoms with van der Waals surface area (Å²) in [6.07, 6.45) is 14.6. The van der Waals surface area contributed by atoms with Gasteiger partial charge in [0.2, 0.25) is 6.33 Å². The molecular weight excluding hydrogens is 272 g/mol. The molecule has 0 bridgehead atoms. The van der Waals surface area contributed by atoms with Crippen LogP contribution >= 0.6 is 0 Å². The first-order chi connectivity index (χ1) is 8.83. The maximum atomic E-state index is 8.49. The first-order valence-electron chi connectivity index (χ1n) is 6.45. The molecular formula is C12H23ClN2O4. The van der Waals surface area contributed by atoms with Gasteiger partial charge in [-0.15, -0.1) is 10.2 Å². The van der Waals surface area contributed by atoms with Gasteiger partial charge in [-0.05, 0) is 12.8 Å². The van der Waals surface area contributed by atoms with Crippen molar-refractivity contribution >= 4 is 0 Å². The summed E-state index contributed by atoms with van der Waals surface area (Å²) in [7, 11) is -2.88. The van der Waals surface area contributed by atoms with E-state index < -0.39 is 10.2 Å². The van der Waals surface area contributed by atoms with Gasteiger partial charge >= 0.3 is 0 Å². The first-order valence-corrected chi connectivity index (χ1v) is 7.69. The number of unbranched alkanes of at least 4 members (excludes halogenated alkanes) is 5. The minimum absolute atomic E-state index is 1.17. The van der Waals surface area contributed by atoms with Crippen molar-refractivity contribution in [3.63, 3.8) is 0 Å². The molecule has 1 aromatic rings. The fourth-order valence-electron chi connectivity index (χ4n) is 1.71. The summed E-state index contributed by atoms with van der Waals surface area (Å²) in [4.78, 5) is 0. The Kier molecular flexibility index (Phi) is 9.81. The van der Waals surface area contributed by atoms with E-state index >= 15 is 0 Å². The van der Waals surface area contributed by atoms with E-state index in [1.165, 1.54) is 45.1 Å². The molecule has 1 heterocycles. The Labute approximate surface area is 116 Å². The zero-order valence-corrected chi connectivity index (χ0v) is 12.3. The quantitative estimate of drug-likeness (QED) is 0.425. The molecule has 0 unspecified atom stereocenters. The van der Waals surface area contributed by atoms with E-state index in [0.29, 0.717) is 0 Å². The molecule has 0 aliphatic heterocycles. The van der Waals surface area contributed by atoms with Crippen LogP contribution in [0.5, 0.6) is 0 Å². The summed E-state index contributed by atoms with van der Waals surface area (Å²) in [6, 6.07) is 0. The van der Waals surface area contributed by atoms with Crippen molar-refractivity contribution in [2.45, 2.75) is 52.0 Å². The average Bonchev–Trinajstić information content (AvgIpc) is 2.67. The molecule has 19 heavy (non-hydrogen) atoms. The zero-order valence-electron chi connectivity index (χ0n) is 11.6. The highest BCUT2D eigenvalue weighted by atomic mass is 35.7. The van der Waals surface area contributed by atoms with Crippen LogP contribution in [-0.2, 0) is 13.6 Å². The maximum absolute atomic E-state index is 8.49. The van der Waals surface area contributed by atoms with E-state index in [2.05, 4.69) is 41.8 Å². The lowest BCUT2D eigenvalue weighted by Crippen LogP contribution is -2.68. The van der Waals surface area contributed by atoms with Gasteiger partial charge in [0.05, 0.1) is 13.6 Å². The molecule has 1 rings (SSSR count). The first kappa shape index (κ1) is 18.3.